The van der Waals surface area contributed by atoms with Crippen molar-refractivity contribution in [3.8, 4) is 11.3 Å². The Kier molecular flexibility index (Phi) is 6.29. The molecule has 1 aromatic heterocycles. The Hall–Kier alpha value is -1.92. The zero-order valence-electron chi connectivity index (χ0n) is 13.5. The van der Waals surface area contributed by atoms with Crippen molar-refractivity contribution in [2.75, 3.05) is 20.1 Å². The van der Waals surface area contributed by atoms with Crippen LogP contribution in [0, 0.1) is 11.2 Å². The van der Waals surface area contributed by atoms with Crippen molar-refractivity contribution >= 4 is 18.3 Å². The van der Waals surface area contributed by atoms with Crippen molar-refractivity contribution in [3.05, 3.63) is 41.8 Å². The number of nitrogens with zero attached hydrogens (tertiary/aromatic N) is 2. The van der Waals surface area contributed by atoms with E-state index in [0.717, 1.165) is 5.56 Å². The summed E-state index contributed by atoms with van der Waals surface area (Å²) in [5.41, 5.74) is 7.30. The van der Waals surface area contributed by atoms with Gasteiger partial charge in [-0.25, -0.2) is 4.39 Å². The number of aromatic nitrogens is 2. The van der Waals surface area contributed by atoms with Crippen LogP contribution >= 0.6 is 12.4 Å². The molecule has 1 heterocycles. The highest BCUT2D eigenvalue weighted by Crippen LogP contribution is 2.20. The standard InChI is InChI=1S/C16H21FN4O.ClH/c1-16(2,9-18)10-21(3)15(22)14-8-13(19-20-14)11-4-6-12(17)7-5-11;/h4-8H,9-10,18H2,1-3H3,(H,19,20);1H. The van der Waals surface area contributed by atoms with E-state index in [1.165, 1.54) is 12.1 Å². The Balaban J connectivity index is 0.00000264. The first-order valence-electron chi connectivity index (χ1n) is 7.09. The van der Waals surface area contributed by atoms with E-state index in [0.29, 0.717) is 24.5 Å². The first kappa shape index (κ1) is 19.1. The summed E-state index contributed by atoms with van der Waals surface area (Å²) in [4.78, 5) is 14.0. The predicted molar refractivity (Wildman–Crippen MR) is 91.0 cm³/mol. The largest absolute Gasteiger partial charge is 0.340 e. The average molecular weight is 341 g/mol. The third-order valence-corrected chi connectivity index (χ3v) is 3.51. The van der Waals surface area contributed by atoms with Gasteiger partial charge in [-0.3, -0.25) is 9.89 Å². The van der Waals surface area contributed by atoms with E-state index in [9.17, 15) is 9.18 Å². The van der Waals surface area contributed by atoms with Gasteiger partial charge in [0.25, 0.3) is 5.91 Å². The highest BCUT2D eigenvalue weighted by molar-refractivity contribution is 5.93. The Morgan fingerprint density at radius 1 is 1.35 bits per heavy atom. The summed E-state index contributed by atoms with van der Waals surface area (Å²) in [7, 11) is 1.73. The smallest absolute Gasteiger partial charge is 0.271 e. The number of rotatable bonds is 5. The molecule has 0 aliphatic rings. The summed E-state index contributed by atoms with van der Waals surface area (Å²) < 4.78 is 12.9. The average Bonchev–Trinajstić information content (AvgIpc) is 2.96. The second-order valence-corrected chi connectivity index (χ2v) is 6.20. The molecule has 5 nitrogen and oxygen atoms in total. The van der Waals surface area contributed by atoms with Crippen molar-refractivity contribution in [2.24, 2.45) is 11.1 Å². The maximum absolute atomic E-state index is 12.9. The molecule has 0 aliphatic carbocycles. The van der Waals surface area contributed by atoms with E-state index < -0.39 is 0 Å². The fourth-order valence-corrected chi connectivity index (χ4v) is 2.18. The molecule has 0 spiro atoms. The van der Waals surface area contributed by atoms with Crippen LogP contribution in [0.3, 0.4) is 0 Å². The molecule has 126 valence electrons. The number of hydrogen-bond donors (Lipinski definition) is 2. The van der Waals surface area contributed by atoms with E-state index in [1.807, 2.05) is 13.8 Å². The normalized spacial score (nSPS) is 11.0. The SMILES string of the molecule is CN(CC(C)(C)CN)C(=O)c1cc(-c2ccc(F)cc2)n[nH]1.Cl. The van der Waals surface area contributed by atoms with Crippen LogP contribution in [0.15, 0.2) is 30.3 Å². The number of aromatic amines is 1. The van der Waals surface area contributed by atoms with E-state index in [-0.39, 0.29) is 29.5 Å². The minimum atomic E-state index is -0.306. The Labute approximate surface area is 141 Å². The molecule has 23 heavy (non-hydrogen) atoms. The van der Waals surface area contributed by atoms with E-state index in [2.05, 4.69) is 10.2 Å². The lowest BCUT2D eigenvalue weighted by Gasteiger charge is -2.28. The van der Waals surface area contributed by atoms with Crippen LogP contribution in [-0.2, 0) is 0 Å². The molecular weight excluding hydrogens is 319 g/mol. The van der Waals surface area contributed by atoms with Crippen molar-refractivity contribution in [3.63, 3.8) is 0 Å². The molecule has 0 atom stereocenters. The molecule has 0 saturated carbocycles. The lowest BCUT2D eigenvalue weighted by molar-refractivity contribution is 0.0734. The molecule has 1 amide bonds. The Bertz CT molecular complexity index is 654. The molecule has 2 rings (SSSR count). The molecular formula is C16H22ClFN4O. The molecule has 2 aromatic rings. The van der Waals surface area contributed by atoms with Gasteiger partial charge in [0.15, 0.2) is 0 Å². The van der Waals surface area contributed by atoms with Gasteiger partial charge in [-0.15, -0.1) is 12.4 Å². The van der Waals surface area contributed by atoms with Crippen LogP contribution in [0.1, 0.15) is 24.3 Å². The molecule has 0 fully saturated rings. The third-order valence-electron chi connectivity index (χ3n) is 3.51. The van der Waals surface area contributed by atoms with E-state index in [1.54, 1.807) is 30.1 Å². The van der Waals surface area contributed by atoms with Gasteiger partial charge in [0.2, 0.25) is 0 Å². The van der Waals surface area contributed by atoms with Gasteiger partial charge in [-0.2, -0.15) is 5.10 Å². The number of halogens is 2. The Morgan fingerprint density at radius 3 is 2.52 bits per heavy atom. The summed E-state index contributed by atoms with van der Waals surface area (Å²) in [6, 6.07) is 7.65. The second-order valence-electron chi connectivity index (χ2n) is 6.20. The zero-order chi connectivity index (χ0) is 16.3. The van der Waals surface area contributed by atoms with Crippen LogP contribution in [0.5, 0.6) is 0 Å². The molecule has 0 bridgehead atoms. The van der Waals surface area contributed by atoms with Gasteiger partial charge >= 0.3 is 0 Å². The third kappa shape index (κ3) is 4.77. The molecule has 0 saturated heterocycles. The maximum Gasteiger partial charge on any atom is 0.271 e. The van der Waals surface area contributed by atoms with Crippen molar-refractivity contribution in [1.82, 2.24) is 15.1 Å². The molecule has 0 aliphatic heterocycles. The number of nitrogens with one attached hydrogen (secondary N) is 1. The summed E-state index contributed by atoms with van der Waals surface area (Å²) in [6.45, 7) is 5.06. The number of H-pyrrole nitrogens is 1. The summed E-state index contributed by atoms with van der Waals surface area (Å²) in [5.74, 6) is -0.457. The van der Waals surface area contributed by atoms with Gasteiger partial charge < -0.3 is 10.6 Å². The fraction of sp³-hybridized carbons (Fsp3) is 0.375. The predicted octanol–water partition coefficient (Wildman–Crippen LogP) is 2.69. The number of amides is 1. The van der Waals surface area contributed by atoms with Gasteiger partial charge in [-0.05, 0) is 42.3 Å². The van der Waals surface area contributed by atoms with Crippen molar-refractivity contribution in [2.45, 2.75) is 13.8 Å². The number of hydrogen-bond acceptors (Lipinski definition) is 3. The number of carbonyl (C=O) groups is 1. The number of carbonyl (C=O) groups excluding carboxylic acids is 1. The van der Waals surface area contributed by atoms with E-state index in [4.69, 9.17) is 5.73 Å². The van der Waals surface area contributed by atoms with Gasteiger partial charge in [0, 0.05) is 19.2 Å². The van der Waals surface area contributed by atoms with Gasteiger partial charge in [0.1, 0.15) is 11.5 Å². The molecule has 0 radical (unpaired) electrons. The van der Waals surface area contributed by atoms with Crippen LogP contribution in [0.2, 0.25) is 0 Å². The minimum absolute atomic E-state index is 0. The quantitative estimate of drug-likeness (QED) is 0.878. The highest BCUT2D eigenvalue weighted by Gasteiger charge is 2.23. The van der Waals surface area contributed by atoms with Crippen molar-refractivity contribution < 1.29 is 9.18 Å². The van der Waals surface area contributed by atoms with Crippen molar-refractivity contribution in [1.29, 1.82) is 0 Å². The number of nitrogens with two attached hydrogens (primary N) is 1. The molecule has 7 heteroatoms. The van der Waals surface area contributed by atoms with Crippen LogP contribution < -0.4 is 5.73 Å². The summed E-state index contributed by atoms with van der Waals surface area (Å²) in [6.07, 6.45) is 0. The fourth-order valence-electron chi connectivity index (χ4n) is 2.18. The van der Waals surface area contributed by atoms with Gasteiger partial charge in [-0.1, -0.05) is 13.8 Å². The highest BCUT2D eigenvalue weighted by atomic mass is 35.5. The first-order valence-corrected chi connectivity index (χ1v) is 7.09. The van der Waals surface area contributed by atoms with Gasteiger partial charge in [0.05, 0.1) is 5.69 Å². The monoisotopic (exact) mass is 340 g/mol. The molecule has 0 unspecified atom stereocenters. The zero-order valence-corrected chi connectivity index (χ0v) is 14.3. The van der Waals surface area contributed by atoms with Crippen LogP contribution in [-0.4, -0.2) is 41.1 Å². The van der Waals surface area contributed by atoms with Crippen LogP contribution in [0.25, 0.3) is 11.3 Å². The summed E-state index contributed by atoms with van der Waals surface area (Å²) in [5, 5.41) is 6.85. The first-order chi connectivity index (χ1) is 10.3. The topological polar surface area (TPSA) is 75.0 Å². The minimum Gasteiger partial charge on any atom is -0.340 e. The lowest BCUT2D eigenvalue weighted by Crippen LogP contribution is -2.39. The Morgan fingerprint density at radius 2 is 1.96 bits per heavy atom. The number of benzene rings is 1. The van der Waals surface area contributed by atoms with Crippen LogP contribution in [0.4, 0.5) is 4.39 Å². The molecule has 3 N–H and O–H groups in total. The lowest BCUT2D eigenvalue weighted by atomic mass is 9.93. The summed E-state index contributed by atoms with van der Waals surface area (Å²) >= 11 is 0. The van der Waals surface area contributed by atoms with E-state index >= 15 is 0 Å². The maximum atomic E-state index is 12.9. The second kappa shape index (κ2) is 7.57. The molecule has 1 aromatic carbocycles.